The summed E-state index contributed by atoms with van der Waals surface area (Å²) in [5, 5.41) is 20.7. The smallest absolute Gasteiger partial charge is 0.481 e. The number of allylic oxidation sites excluding steroid dienone is 2. The van der Waals surface area contributed by atoms with Gasteiger partial charge in [-0.1, -0.05) is 18.2 Å². The number of benzene rings is 1. The van der Waals surface area contributed by atoms with E-state index in [9.17, 15) is 22.8 Å². The SMILES string of the molecule is C[C@]1(C(=O)O)C=CC=C(C(=O)O)C1.FC(F)(F)Oc1ccc(N2CCNCC2)cc1. The van der Waals surface area contributed by atoms with E-state index in [-0.39, 0.29) is 17.7 Å². The minimum absolute atomic E-state index is 0.0359. The van der Waals surface area contributed by atoms with Crippen molar-refractivity contribution < 1.29 is 37.7 Å². The lowest BCUT2D eigenvalue weighted by Gasteiger charge is -2.29. The zero-order valence-electron chi connectivity index (χ0n) is 16.3. The van der Waals surface area contributed by atoms with E-state index in [0.29, 0.717) is 0 Å². The Balaban J connectivity index is 0.000000222. The van der Waals surface area contributed by atoms with Crippen molar-refractivity contribution in [1.82, 2.24) is 5.32 Å². The fourth-order valence-electron chi connectivity index (χ4n) is 2.97. The number of carboxylic acid groups (broad SMARTS) is 2. The molecule has 10 heteroatoms. The molecule has 1 fully saturated rings. The Morgan fingerprint density at radius 1 is 1.13 bits per heavy atom. The first-order valence-electron chi connectivity index (χ1n) is 9.17. The molecule has 1 saturated heterocycles. The lowest BCUT2D eigenvalue weighted by Crippen LogP contribution is -2.43. The van der Waals surface area contributed by atoms with Crippen LogP contribution in [0.2, 0.25) is 0 Å². The molecule has 0 saturated carbocycles. The molecule has 7 nitrogen and oxygen atoms in total. The third-order valence-electron chi connectivity index (χ3n) is 4.63. The summed E-state index contributed by atoms with van der Waals surface area (Å²) in [5.41, 5.74) is -0.0314. The number of hydrogen-bond donors (Lipinski definition) is 3. The van der Waals surface area contributed by atoms with Gasteiger partial charge in [-0.3, -0.25) is 4.79 Å². The van der Waals surface area contributed by atoms with Crippen LogP contribution in [0, 0.1) is 5.41 Å². The van der Waals surface area contributed by atoms with Gasteiger partial charge in [0.25, 0.3) is 0 Å². The highest BCUT2D eigenvalue weighted by atomic mass is 19.4. The highest BCUT2D eigenvalue weighted by Crippen LogP contribution is 2.31. The van der Waals surface area contributed by atoms with Gasteiger partial charge in [-0.2, -0.15) is 0 Å². The molecule has 0 unspecified atom stereocenters. The van der Waals surface area contributed by atoms with E-state index in [1.165, 1.54) is 37.3 Å². The first-order valence-corrected chi connectivity index (χ1v) is 9.17. The normalized spacial score (nSPS) is 21.2. The summed E-state index contributed by atoms with van der Waals surface area (Å²) in [5.74, 6) is -2.25. The molecule has 0 bridgehead atoms. The van der Waals surface area contributed by atoms with Gasteiger partial charge in [-0.15, -0.1) is 13.2 Å². The Bertz CT molecular complexity index is 815. The monoisotopic (exact) mass is 428 g/mol. The van der Waals surface area contributed by atoms with Crippen molar-refractivity contribution in [2.24, 2.45) is 5.41 Å². The summed E-state index contributed by atoms with van der Waals surface area (Å²) in [6, 6.07) is 5.97. The van der Waals surface area contributed by atoms with Gasteiger partial charge >= 0.3 is 18.3 Å². The lowest BCUT2D eigenvalue weighted by molar-refractivity contribution is -0.274. The number of nitrogens with one attached hydrogen (secondary N) is 1. The van der Waals surface area contributed by atoms with Crippen molar-refractivity contribution in [1.29, 1.82) is 0 Å². The number of nitrogens with zero attached hydrogens (tertiary/aromatic N) is 1. The van der Waals surface area contributed by atoms with Gasteiger partial charge in [0.2, 0.25) is 0 Å². The molecule has 0 amide bonds. The number of hydrogen-bond acceptors (Lipinski definition) is 5. The molecule has 164 valence electrons. The third kappa shape index (κ3) is 6.80. The number of carbonyl (C=O) groups is 2. The number of anilines is 1. The summed E-state index contributed by atoms with van der Waals surface area (Å²) >= 11 is 0. The summed E-state index contributed by atoms with van der Waals surface area (Å²) in [6.07, 6.45) is -0.194. The minimum atomic E-state index is -4.63. The summed E-state index contributed by atoms with van der Waals surface area (Å²) in [7, 11) is 0. The topological polar surface area (TPSA) is 99.1 Å². The van der Waals surface area contributed by atoms with Crippen LogP contribution in [0.5, 0.6) is 5.75 Å². The molecule has 1 heterocycles. The fraction of sp³-hybridized carbons (Fsp3) is 0.400. The molecule has 1 aromatic rings. The quantitative estimate of drug-likeness (QED) is 0.678. The molecular weight excluding hydrogens is 405 g/mol. The van der Waals surface area contributed by atoms with Crippen LogP contribution in [-0.4, -0.2) is 54.7 Å². The van der Waals surface area contributed by atoms with E-state index in [1.807, 2.05) is 0 Å². The van der Waals surface area contributed by atoms with E-state index in [1.54, 1.807) is 12.1 Å². The predicted molar refractivity (Wildman–Crippen MR) is 103 cm³/mol. The maximum absolute atomic E-state index is 12.0. The van der Waals surface area contributed by atoms with Crippen LogP contribution in [-0.2, 0) is 9.59 Å². The molecule has 3 rings (SSSR count). The number of ether oxygens (including phenoxy) is 1. The van der Waals surface area contributed by atoms with Gasteiger partial charge in [-0.25, -0.2) is 4.79 Å². The van der Waals surface area contributed by atoms with Crippen LogP contribution in [0.1, 0.15) is 13.3 Å². The molecule has 30 heavy (non-hydrogen) atoms. The van der Waals surface area contributed by atoms with E-state index >= 15 is 0 Å². The van der Waals surface area contributed by atoms with Crippen LogP contribution in [0.25, 0.3) is 0 Å². The first kappa shape index (κ1) is 23.3. The second-order valence-corrected chi connectivity index (χ2v) is 7.03. The molecule has 0 aromatic heterocycles. The molecule has 1 aliphatic carbocycles. The standard InChI is InChI=1S/C11H13F3N2O.C9H10O4/c12-11(13,14)17-10-3-1-9(2-4-10)16-7-5-15-6-8-16;1-9(8(12)13)4-2-3-6(5-9)7(10)11/h1-4,15H,5-8H2;2-4H,5H2,1H3,(H,10,11)(H,12,13)/t;9-/m.0/s1. The van der Waals surface area contributed by atoms with E-state index < -0.39 is 23.7 Å². The Kier molecular flexibility index (Phi) is 7.49. The molecule has 1 aliphatic heterocycles. The molecule has 3 N–H and O–H groups in total. The molecule has 1 aromatic carbocycles. The van der Waals surface area contributed by atoms with Gasteiger partial charge in [-0.05, 0) is 37.6 Å². The Hall–Kier alpha value is -3.01. The van der Waals surface area contributed by atoms with Crippen molar-refractivity contribution >= 4 is 17.6 Å². The number of piperazine rings is 1. The summed E-state index contributed by atoms with van der Waals surface area (Å²) in [4.78, 5) is 23.5. The van der Waals surface area contributed by atoms with Crippen LogP contribution < -0.4 is 15.0 Å². The predicted octanol–water partition coefficient (Wildman–Crippen LogP) is 3.04. The number of alkyl halides is 3. The van der Waals surface area contributed by atoms with Crippen LogP contribution in [0.3, 0.4) is 0 Å². The van der Waals surface area contributed by atoms with Crippen molar-refractivity contribution in [3.05, 3.63) is 48.1 Å². The van der Waals surface area contributed by atoms with E-state index in [4.69, 9.17) is 10.2 Å². The van der Waals surface area contributed by atoms with Crippen molar-refractivity contribution in [3.8, 4) is 5.75 Å². The second kappa shape index (κ2) is 9.66. The van der Waals surface area contributed by atoms with E-state index in [0.717, 1.165) is 31.9 Å². The Labute approximate surface area is 171 Å². The van der Waals surface area contributed by atoms with Crippen molar-refractivity contribution in [2.45, 2.75) is 19.7 Å². The van der Waals surface area contributed by atoms with Gasteiger partial charge in [0, 0.05) is 37.4 Å². The minimum Gasteiger partial charge on any atom is -0.481 e. The molecule has 0 spiro atoms. The second-order valence-electron chi connectivity index (χ2n) is 7.03. The van der Waals surface area contributed by atoms with Gasteiger partial charge in [0.1, 0.15) is 5.75 Å². The number of rotatable bonds is 4. The number of halogens is 3. The highest BCUT2D eigenvalue weighted by molar-refractivity contribution is 5.90. The molecular formula is C20H23F3N2O5. The summed E-state index contributed by atoms with van der Waals surface area (Å²) < 4.78 is 39.7. The molecule has 0 radical (unpaired) electrons. The number of aliphatic carboxylic acids is 2. The maximum atomic E-state index is 12.0. The average Bonchev–Trinajstić information content (AvgIpc) is 2.68. The van der Waals surface area contributed by atoms with Gasteiger partial charge in [0.15, 0.2) is 0 Å². The van der Waals surface area contributed by atoms with Crippen LogP contribution >= 0.6 is 0 Å². The number of carboxylic acids is 2. The Morgan fingerprint density at radius 2 is 1.73 bits per heavy atom. The highest BCUT2D eigenvalue weighted by Gasteiger charge is 2.34. The van der Waals surface area contributed by atoms with Gasteiger partial charge < -0.3 is 25.2 Å². The molecule has 2 aliphatic rings. The first-order chi connectivity index (χ1) is 14.0. The lowest BCUT2D eigenvalue weighted by atomic mass is 9.80. The zero-order chi connectivity index (χ0) is 22.4. The fourth-order valence-corrected chi connectivity index (χ4v) is 2.97. The van der Waals surface area contributed by atoms with Gasteiger partial charge in [0.05, 0.1) is 5.41 Å². The maximum Gasteiger partial charge on any atom is 0.573 e. The van der Waals surface area contributed by atoms with Crippen molar-refractivity contribution in [2.75, 3.05) is 31.1 Å². The molecule has 1 atom stereocenters. The van der Waals surface area contributed by atoms with Crippen LogP contribution in [0.15, 0.2) is 48.1 Å². The largest absolute Gasteiger partial charge is 0.573 e. The van der Waals surface area contributed by atoms with Crippen molar-refractivity contribution in [3.63, 3.8) is 0 Å². The third-order valence-corrected chi connectivity index (χ3v) is 4.63. The van der Waals surface area contributed by atoms with Crippen LogP contribution in [0.4, 0.5) is 18.9 Å². The zero-order valence-corrected chi connectivity index (χ0v) is 16.3. The Morgan fingerprint density at radius 3 is 2.23 bits per heavy atom. The summed E-state index contributed by atoms with van der Waals surface area (Å²) in [6.45, 7) is 5.00. The van der Waals surface area contributed by atoms with E-state index in [2.05, 4.69) is 15.0 Å². The average molecular weight is 428 g/mol.